The molecule has 0 bridgehead atoms. The molecule has 0 spiro atoms. The number of sulfone groups is 1. The smallest absolute Gasteiger partial charge is 0.196 e. The molecule has 0 amide bonds. The second-order valence-electron chi connectivity index (χ2n) is 7.41. The Kier molecular flexibility index (Phi) is 5.61. The van der Waals surface area contributed by atoms with Crippen molar-refractivity contribution in [1.82, 2.24) is 9.55 Å². The molecule has 31 heavy (non-hydrogen) atoms. The number of ether oxygens (including phenoxy) is 1. The monoisotopic (exact) mass is 434 g/mol. The van der Waals surface area contributed by atoms with Gasteiger partial charge in [-0.1, -0.05) is 36.4 Å². The zero-order valence-electron chi connectivity index (χ0n) is 17.3. The molecule has 0 radical (unpaired) electrons. The van der Waals surface area contributed by atoms with Gasteiger partial charge in [-0.3, -0.25) is 4.79 Å². The minimum absolute atomic E-state index is 0.155. The first-order chi connectivity index (χ1) is 14.8. The van der Waals surface area contributed by atoms with E-state index in [-0.39, 0.29) is 5.69 Å². The molecule has 0 saturated heterocycles. The van der Waals surface area contributed by atoms with Crippen LogP contribution in [0.5, 0.6) is 5.75 Å². The Morgan fingerprint density at radius 2 is 1.77 bits per heavy atom. The number of benzene rings is 2. The van der Waals surface area contributed by atoms with Crippen molar-refractivity contribution in [3.63, 3.8) is 0 Å². The van der Waals surface area contributed by atoms with Gasteiger partial charge in [0.1, 0.15) is 17.2 Å². The number of aromatic nitrogens is 2. The fourth-order valence-corrected chi connectivity index (χ4v) is 4.22. The van der Waals surface area contributed by atoms with Crippen molar-refractivity contribution >= 4 is 26.5 Å². The van der Waals surface area contributed by atoms with E-state index in [1.165, 1.54) is 0 Å². The lowest BCUT2D eigenvalue weighted by molar-refractivity contribution is 0.101. The molecule has 6 nitrogen and oxygen atoms in total. The zero-order chi connectivity index (χ0) is 22.0. The fourth-order valence-electron chi connectivity index (χ4n) is 3.59. The summed E-state index contributed by atoms with van der Waals surface area (Å²) in [5.74, 6) is -0.282. The summed E-state index contributed by atoms with van der Waals surface area (Å²) < 4.78 is 30.5. The van der Waals surface area contributed by atoms with E-state index in [1.54, 1.807) is 19.2 Å². The minimum Gasteiger partial charge on any atom is -0.497 e. The molecular formula is C24H22N2O4S. The van der Waals surface area contributed by atoms with Crippen LogP contribution in [-0.4, -0.2) is 42.9 Å². The molecule has 158 valence electrons. The Bertz CT molecular complexity index is 1360. The van der Waals surface area contributed by atoms with Crippen LogP contribution in [-0.2, 0) is 16.4 Å². The average molecular weight is 435 g/mol. The molecule has 2 heterocycles. The van der Waals surface area contributed by atoms with Gasteiger partial charge >= 0.3 is 0 Å². The van der Waals surface area contributed by atoms with E-state index in [2.05, 4.69) is 15.6 Å². The molecule has 0 saturated carbocycles. The molecule has 0 fully saturated rings. The Morgan fingerprint density at radius 3 is 2.48 bits per heavy atom. The Labute approximate surface area is 181 Å². The van der Waals surface area contributed by atoms with Gasteiger partial charge in [-0.05, 0) is 42.0 Å². The first-order valence-electron chi connectivity index (χ1n) is 9.73. The summed E-state index contributed by atoms with van der Waals surface area (Å²) in [6.45, 7) is 0.431. The zero-order valence-corrected chi connectivity index (χ0v) is 18.1. The normalized spacial score (nSPS) is 11.5. The van der Waals surface area contributed by atoms with E-state index in [0.717, 1.165) is 34.2 Å². The second-order valence-corrected chi connectivity index (χ2v) is 9.55. The number of nitrogens with zero attached hydrogens (tertiary/aromatic N) is 2. The number of hydrogen-bond acceptors (Lipinski definition) is 5. The summed E-state index contributed by atoms with van der Waals surface area (Å²) in [7, 11) is -1.78. The number of rotatable bonds is 7. The van der Waals surface area contributed by atoms with Gasteiger partial charge in [0.2, 0.25) is 0 Å². The Morgan fingerprint density at radius 1 is 1.00 bits per heavy atom. The van der Waals surface area contributed by atoms with Crippen molar-refractivity contribution < 1.29 is 17.9 Å². The number of ketones is 1. The van der Waals surface area contributed by atoms with Crippen molar-refractivity contribution in [2.24, 2.45) is 0 Å². The molecule has 0 aliphatic rings. The topological polar surface area (TPSA) is 78.3 Å². The van der Waals surface area contributed by atoms with E-state index >= 15 is 0 Å². The highest BCUT2D eigenvalue weighted by Crippen LogP contribution is 2.31. The Hall–Kier alpha value is -3.45. The number of pyridine rings is 1. The summed E-state index contributed by atoms with van der Waals surface area (Å²) in [5, 5.41) is 1.03. The van der Waals surface area contributed by atoms with Gasteiger partial charge < -0.3 is 9.30 Å². The fraction of sp³-hybridized carbons (Fsp3) is 0.167. The molecule has 0 atom stereocenters. The molecule has 2 aromatic carbocycles. The van der Waals surface area contributed by atoms with Crippen molar-refractivity contribution in [1.29, 1.82) is 0 Å². The first-order valence-corrected chi connectivity index (χ1v) is 11.8. The van der Waals surface area contributed by atoms with Gasteiger partial charge in [0.25, 0.3) is 0 Å². The SMILES string of the molecule is COc1ccc2c(c1)cc(-c1ccccc1)n2Cc1cccc(C(=O)CS(C)(=O)=O)n1. The number of Topliss-reactive ketones (excluding diaryl/α,β-unsaturated/α-hetero) is 1. The third-order valence-electron chi connectivity index (χ3n) is 4.98. The predicted molar refractivity (Wildman–Crippen MR) is 121 cm³/mol. The summed E-state index contributed by atoms with van der Waals surface area (Å²) >= 11 is 0. The van der Waals surface area contributed by atoms with Crippen LogP contribution in [0.3, 0.4) is 0 Å². The van der Waals surface area contributed by atoms with Crippen LogP contribution in [0.4, 0.5) is 0 Å². The van der Waals surface area contributed by atoms with E-state index in [9.17, 15) is 13.2 Å². The maximum Gasteiger partial charge on any atom is 0.196 e. The van der Waals surface area contributed by atoms with Crippen molar-refractivity contribution in [2.45, 2.75) is 6.54 Å². The average Bonchev–Trinajstić information content (AvgIpc) is 3.11. The van der Waals surface area contributed by atoms with Crippen molar-refractivity contribution in [3.05, 3.63) is 84.2 Å². The highest BCUT2D eigenvalue weighted by molar-refractivity contribution is 7.91. The van der Waals surface area contributed by atoms with E-state index in [4.69, 9.17) is 4.74 Å². The second kappa shape index (κ2) is 8.35. The summed E-state index contributed by atoms with van der Waals surface area (Å²) in [6, 6.07) is 23.1. The largest absolute Gasteiger partial charge is 0.497 e. The molecule has 2 aromatic heterocycles. The maximum absolute atomic E-state index is 12.3. The molecule has 0 unspecified atom stereocenters. The van der Waals surface area contributed by atoms with Gasteiger partial charge in [0.05, 0.1) is 19.3 Å². The molecule has 7 heteroatoms. The van der Waals surface area contributed by atoms with E-state index in [0.29, 0.717) is 12.2 Å². The van der Waals surface area contributed by atoms with Gasteiger partial charge in [-0.25, -0.2) is 13.4 Å². The quantitative estimate of drug-likeness (QED) is 0.411. The third-order valence-corrected chi connectivity index (χ3v) is 5.77. The van der Waals surface area contributed by atoms with Gasteiger partial charge in [0, 0.05) is 22.9 Å². The number of fused-ring (bicyclic) bond motifs is 1. The minimum atomic E-state index is -3.42. The highest BCUT2D eigenvalue weighted by atomic mass is 32.2. The molecule has 0 aliphatic heterocycles. The van der Waals surface area contributed by atoms with E-state index in [1.807, 2.05) is 54.6 Å². The predicted octanol–water partition coefficient (Wildman–Crippen LogP) is 3.99. The van der Waals surface area contributed by atoms with Gasteiger partial charge in [0.15, 0.2) is 15.6 Å². The number of hydrogen-bond donors (Lipinski definition) is 0. The Balaban J connectivity index is 1.78. The van der Waals surface area contributed by atoms with Crippen LogP contribution in [0.2, 0.25) is 0 Å². The lowest BCUT2D eigenvalue weighted by Gasteiger charge is -2.12. The molecule has 0 N–H and O–H groups in total. The standard InChI is InChI=1S/C24H22N2O4S/c1-30-20-11-12-22-18(13-20)14-23(17-7-4-3-5-8-17)26(22)15-19-9-6-10-21(25-19)24(27)16-31(2,28)29/h3-14H,15-16H2,1-2H3. The maximum atomic E-state index is 12.3. The van der Waals surface area contributed by atoms with Crippen LogP contribution in [0.1, 0.15) is 16.2 Å². The van der Waals surface area contributed by atoms with Crippen LogP contribution in [0.15, 0.2) is 72.8 Å². The van der Waals surface area contributed by atoms with Gasteiger partial charge in [-0.2, -0.15) is 0 Å². The first kappa shape index (κ1) is 20.8. The van der Waals surface area contributed by atoms with Crippen molar-refractivity contribution in [3.8, 4) is 17.0 Å². The lowest BCUT2D eigenvalue weighted by atomic mass is 10.1. The van der Waals surface area contributed by atoms with E-state index < -0.39 is 21.4 Å². The summed E-state index contributed by atoms with van der Waals surface area (Å²) in [6.07, 6.45) is 1.04. The third kappa shape index (κ3) is 4.67. The number of methoxy groups -OCH3 is 1. The molecule has 4 rings (SSSR count). The number of carbonyl (C=O) groups excluding carboxylic acids is 1. The molecular weight excluding hydrogens is 412 g/mol. The van der Waals surface area contributed by atoms with Crippen molar-refractivity contribution in [2.75, 3.05) is 19.1 Å². The van der Waals surface area contributed by atoms with Crippen LogP contribution < -0.4 is 4.74 Å². The summed E-state index contributed by atoms with van der Waals surface area (Å²) in [4.78, 5) is 16.8. The summed E-state index contributed by atoms with van der Waals surface area (Å²) in [5.41, 5.74) is 3.90. The molecule has 0 aliphatic carbocycles. The van der Waals surface area contributed by atoms with Crippen LogP contribution in [0.25, 0.3) is 22.2 Å². The number of carbonyl (C=O) groups is 1. The van der Waals surface area contributed by atoms with Crippen LogP contribution in [0, 0.1) is 0 Å². The van der Waals surface area contributed by atoms with Crippen LogP contribution >= 0.6 is 0 Å². The highest BCUT2D eigenvalue weighted by Gasteiger charge is 2.16. The lowest BCUT2D eigenvalue weighted by Crippen LogP contribution is -2.16. The van der Waals surface area contributed by atoms with Gasteiger partial charge in [-0.15, -0.1) is 0 Å². The molecule has 4 aromatic rings.